The number of hydrogen-bond acceptors (Lipinski definition) is 3. The van der Waals surface area contributed by atoms with Gasteiger partial charge in [-0.15, -0.1) is 5.10 Å². The van der Waals surface area contributed by atoms with Crippen LogP contribution in [0.2, 0.25) is 0 Å². The number of halogens is 2. The monoisotopic (exact) mass is 176 g/mol. The van der Waals surface area contributed by atoms with E-state index < -0.39 is 5.95 Å². The van der Waals surface area contributed by atoms with Crippen molar-refractivity contribution in [3.8, 4) is 0 Å². The van der Waals surface area contributed by atoms with Crippen LogP contribution in [0.4, 0.5) is 4.39 Å². The fraction of sp³-hybridized carbons (Fsp3) is 0. The summed E-state index contributed by atoms with van der Waals surface area (Å²) in [5.74, 6) is -0.694. The zero-order valence-electron chi connectivity index (χ0n) is 3.60. The molecule has 1 aromatic heterocycles. The standard InChI is InChI=1S/C3BrFN3/c4-2-1-6-8-7-3(2)5. The third-order valence-electron chi connectivity index (χ3n) is 0.507. The van der Waals surface area contributed by atoms with Gasteiger partial charge in [-0.3, -0.25) is 0 Å². The first-order valence-electron chi connectivity index (χ1n) is 1.73. The summed E-state index contributed by atoms with van der Waals surface area (Å²) in [4.78, 5) is 0. The van der Waals surface area contributed by atoms with E-state index in [2.05, 4.69) is 37.5 Å². The molecular weight excluding hydrogens is 177 g/mol. The maximum absolute atomic E-state index is 12.0. The van der Waals surface area contributed by atoms with Crippen LogP contribution in [0, 0.1) is 12.1 Å². The van der Waals surface area contributed by atoms with Gasteiger partial charge in [-0.25, -0.2) is 0 Å². The normalized spacial score (nSPS) is 9.25. The van der Waals surface area contributed by atoms with E-state index in [1.165, 1.54) is 0 Å². The van der Waals surface area contributed by atoms with Gasteiger partial charge in [-0.05, 0) is 21.1 Å². The van der Waals surface area contributed by atoms with E-state index in [0.29, 0.717) is 0 Å². The summed E-state index contributed by atoms with van der Waals surface area (Å²) in [6, 6.07) is 0. The van der Waals surface area contributed by atoms with Gasteiger partial charge >= 0.3 is 0 Å². The average molecular weight is 177 g/mol. The van der Waals surface area contributed by atoms with Crippen LogP contribution in [0.25, 0.3) is 0 Å². The van der Waals surface area contributed by atoms with E-state index in [4.69, 9.17) is 0 Å². The van der Waals surface area contributed by atoms with Crippen LogP contribution < -0.4 is 0 Å². The van der Waals surface area contributed by atoms with E-state index in [-0.39, 0.29) is 4.47 Å². The molecule has 0 saturated carbocycles. The molecule has 1 aromatic rings. The first kappa shape index (κ1) is 5.55. The lowest BCUT2D eigenvalue weighted by Crippen LogP contribution is -1.90. The molecule has 1 rings (SSSR count). The zero-order valence-corrected chi connectivity index (χ0v) is 5.18. The van der Waals surface area contributed by atoms with Crippen molar-refractivity contribution in [3.05, 3.63) is 16.6 Å². The van der Waals surface area contributed by atoms with Gasteiger partial charge in [0.15, 0.2) is 0 Å². The fourth-order valence-electron chi connectivity index (χ4n) is 0.218. The first-order valence-corrected chi connectivity index (χ1v) is 2.52. The lowest BCUT2D eigenvalue weighted by Gasteiger charge is -1.82. The average Bonchev–Trinajstić information content (AvgIpc) is 1.77. The quantitative estimate of drug-likeness (QED) is 0.581. The molecule has 0 N–H and O–H groups in total. The summed E-state index contributed by atoms with van der Waals surface area (Å²) < 4.78 is 12.1. The van der Waals surface area contributed by atoms with Crippen LogP contribution in [-0.2, 0) is 0 Å². The second-order valence-electron chi connectivity index (χ2n) is 1.01. The topological polar surface area (TPSA) is 38.7 Å². The van der Waals surface area contributed by atoms with Crippen LogP contribution in [0.3, 0.4) is 0 Å². The first-order chi connectivity index (χ1) is 3.80. The van der Waals surface area contributed by atoms with Gasteiger partial charge in [0.1, 0.15) is 10.7 Å². The minimum absolute atomic E-state index is 0.104. The molecule has 0 fully saturated rings. The Balaban J connectivity index is 3.13. The molecule has 41 valence electrons. The van der Waals surface area contributed by atoms with Gasteiger partial charge in [0.05, 0.1) is 0 Å². The third kappa shape index (κ3) is 0.975. The molecule has 0 amide bonds. The second kappa shape index (κ2) is 2.13. The Kier molecular flexibility index (Phi) is 1.48. The predicted octanol–water partition coefficient (Wildman–Crippen LogP) is 0.573. The van der Waals surface area contributed by atoms with Crippen LogP contribution in [-0.4, -0.2) is 15.4 Å². The third-order valence-corrected chi connectivity index (χ3v) is 1.01. The van der Waals surface area contributed by atoms with Gasteiger partial charge in [-0.2, -0.15) is 4.39 Å². The number of aromatic nitrogens is 3. The summed E-state index contributed by atoms with van der Waals surface area (Å²) in [5, 5.41) is 9.13. The van der Waals surface area contributed by atoms with Gasteiger partial charge in [0.2, 0.25) is 0 Å². The van der Waals surface area contributed by atoms with E-state index in [1.807, 2.05) is 0 Å². The largest absolute Gasteiger partial charge is 0.251 e. The highest BCUT2D eigenvalue weighted by molar-refractivity contribution is 9.10. The van der Waals surface area contributed by atoms with Crippen molar-refractivity contribution >= 4 is 15.9 Å². The molecule has 0 aliphatic rings. The maximum atomic E-state index is 12.0. The highest BCUT2D eigenvalue weighted by Crippen LogP contribution is 2.06. The second-order valence-corrected chi connectivity index (χ2v) is 1.80. The molecular formula is C3BrFN3. The minimum Gasteiger partial charge on any atom is -0.182 e. The maximum Gasteiger partial charge on any atom is 0.251 e. The predicted molar refractivity (Wildman–Crippen MR) is 26.3 cm³/mol. The molecule has 0 spiro atoms. The Labute approximate surface area is 53.1 Å². The summed E-state index contributed by atoms with van der Waals surface area (Å²) >= 11 is 2.80. The molecule has 5 heteroatoms. The fourth-order valence-corrected chi connectivity index (χ4v) is 0.377. The van der Waals surface area contributed by atoms with Gasteiger partial charge in [0, 0.05) is 0 Å². The molecule has 8 heavy (non-hydrogen) atoms. The SMILES string of the molecule is Fc1nnn[c]c1Br. The van der Waals surface area contributed by atoms with Crippen LogP contribution in [0.1, 0.15) is 0 Å². The Morgan fingerprint density at radius 2 is 2.38 bits per heavy atom. The van der Waals surface area contributed by atoms with Gasteiger partial charge < -0.3 is 0 Å². The van der Waals surface area contributed by atoms with Crippen LogP contribution >= 0.6 is 15.9 Å². The zero-order chi connectivity index (χ0) is 5.98. The number of hydrogen-bond donors (Lipinski definition) is 0. The summed E-state index contributed by atoms with van der Waals surface area (Å²) in [6.45, 7) is 0. The van der Waals surface area contributed by atoms with Crippen molar-refractivity contribution < 1.29 is 4.39 Å². The summed E-state index contributed by atoms with van der Waals surface area (Å²) in [5.41, 5.74) is 0. The van der Waals surface area contributed by atoms with Gasteiger partial charge in [0.25, 0.3) is 5.95 Å². The van der Waals surface area contributed by atoms with Crippen molar-refractivity contribution in [2.45, 2.75) is 0 Å². The Hall–Kier alpha value is -0.580. The molecule has 0 atom stereocenters. The molecule has 3 nitrogen and oxygen atoms in total. The van der Waals surface area contributed by atoms with Crippen molar-refractivity contribution in [1.29, 1.82) is 0 Å². The Morgan fingerprint density at radius 1 is 1.62 bits per heavy atom. The van der Waals surface area contributed by atoms with Crippen molar-refractivity contribution in [2.75, 3.05) is 0 Å². The van der Waals surface area contributed by atoms with Crippen molar-refractivity contribution in [3.63, 3.8) is 0 Å². The molecule has 0 aliphatic carbocycles. The molecule has 0 bridgehead atoms. The smallest absolute Gasteiger partial charge is 0.182 e. The van der Waals surface area contributed by atoms with Gasteiger partial charge in [-0.1, -0.05) is 5.10 Å². The molecule has 1 radical (unpaired) electrons. The summed E-state index contributed by atoms with van der Waals surface area (Å²) in [6.07, 6.45) is 2.22. The molecule has 0 unspecified atom stereocenters. The molecule has 0 aromatic carbocycles. The highest BCUT2D eigenvalue weighted by Gasteiger charge is 1.96. The van der Waals surface area contributed by atoms with E-state index in [0.717, 1.165) is 0 Å². The highest BCUT2D eigenvalue weighted by atomic mass is 79.9. The summed E-state index contributed by atoms with van der Waals surface area (Å²) in [7, 11) is 0. The van der Waals surface area contributed by atoms with E-state index in [9.17, 15) is 4.39 Å². The van der Waals surface area contributed by atoms with Crippen LogP contribution in [0.5, 0.6) is 0 Å². The Morgan fingerprint density at radius 3 is 2.75 bits per heavy atom. The number of nitrogens with zero attached hydrogens (tertiary/aromatic N) is 3. The molecule has 1 heterocycles. The molecule has 0 aliphatic heterocycles. The minimum atomic E-state index is -0.694. The Bertz CT molecular complexity index is 171. The van der Waals surface area contributed by atoms with E-state index >= 15 is 0 Å². The lowest BCUT2D eigenvalue weighted by molar-refractivity contribution is 0.540. The van der Waals surface area contributed by atoms with Crippen molar-refractivity contribution in [1.82, 2.24) is 15.4 Å². The van der Waals surface area contributed by atoms with E-state index in [1.54, 1.807) is 0 Å². The van der Waals surface area contributed by atoms with Crippen LogP contribution in [0.15, 0.2) is 4.47 Å². The van der Waals surface area contributed by atoms with Crippen molar-refractivity contribution in [2.24, 2.45) is 0 Å². The lowest BCUT2D eigenvalue weighted by atomic mass is 10.7. The number of rotatable bonds is 0. The molecule has 0 saturated heterocycles.